The van der Waals surface area contributed by atoms with Gasteiger partial charge >= 0.3 is 29.8 Å². The number of carbonyl (C=O) groups excluding carboxylic acids is 5. The summed E-state index contributed by atoms with van der Waals surface area (Å²) in [7, 11) is 4.94. The van der Waals surface area contributed by atoms with Gasteiger partial charge in [-0.15, -0.1) is 0 Å². The predicted molar refractivity (Wildman–Crippen MR) is 450 cm³/mol. The second kappa shape index (κ2) is 55.0. The average Bonchev–Trinajstić information content (AvgIpc) is 0.703. The molecule has 0 radical (unpaired) electrons. The number of ether oxygens (including phenoxy) is 10. The molecule has 0 saturated heterocycles. The molecule has 15 rings (SSSR count). The SMILES string of the molecule is C1CCCCC1.C1CCCCC1.CCC(C)(C)C(=O)OC12CC3CC(CC(C3)C1)C2.CCC(C)(C)C(=O)OC12CC3CC(CC(C3)C1)C2.CCC(C)(C)C(=O)OC1CCCCC1.CCC(C)(C)C(=O)OCC(=O)OC12CC3CC(OCCO)(CC(OCCO)(C3)C1)C2.CCCO.CCCOC.CCO.CCOC.COCCO. The van der Waals surface area contributed by atoms with Gasteiger partial charge in [0.2, 0.25) is 0 Å². The Morgan fingerprint density at radius 1 is 0.336 bits per heavy atom. The number of methoxy groups -OCH3 is 3. The van der Waals surface area contributed by atoms with E-state index in [0.29, 0.717) is 38.9 Å². The maximum absolute atomic E-state index is 12.6. The lowest BCUT2D eigenvalue weighted by molar-refractivity contribution is -0.287. The molecule has 0 aromatic rings. The third kappa shape index (κ3) is 38.5. The molecule has 15 fully saturated rings. The summed E-state index contributed by atoms with van der Waals surface area (Å²) in [6.45, 7) is 34.0. The smallest absolute Gasteiger partial charge is 0.344 e. The van der Waals surface area contributed by atoms with Crippen LogP contribution in [0.4, 0.5) is 0 Å². The molecule has 12 bridgehead atoms. The van der Waals surface area contributed by atoms with Gasteiger partial charge in [0.25, 0.3) is 0 Å². The van der Waals surface area contributed by atoms with E-state index in [0.717, 1.165) is 151 Å². The quantitative estimate of drug-likeness (QED) is 0.0397. The van der Waals surface area contributed by atoms with E-state index < -0.39 is 40.8 Å². The summed E-state index contributed by atoms with van der Waals surface area (Å²) in [4.78, 5) is 61.3. The molecule has 2 atom stereocenters. The summed E-state index contributed by atoms with van der Waals surface area (Å²) in [5.41, 5.74) is -3.50. The molecule has 0 aromatic heterocycles. The zero-order chi connectivity index (χ0) is 84.8. The summed E-state index contributed by atoms with van der Waals surface area (Å²) in [5.74, 6) is 4.39. The van der Waals surface area contributed by atoms with Crippen molar-refractivity contribution in [3.63, 3.8) is 0 Å². The first-order valence-corrected chi connectivity index (χ1v) is 45.5. The molecule has 15 saturated carbocycles. The molecule has 20 heteroatoms. The number of hydrogen-bond donors (Lipinski definition) is 5. The van der Waals surface area contributed by atoms with Crippen molar-refractivity contribution in [2.75, 3.05) is 94.0 Å². The van der Waals surface area contributed by atoms with Crippen LogP contribution in [0.15, 0.2) is 0 Å². The van der Waals surface area contributed by atoms with Gasteiger partial charge in [-0.3, -0.25) is 19.2 Å². The Morgan fingerprint density at radius 2 is 0.619 bits per heavy atom. The van der Waals surface area contributed by atoms with Crippen LogP contribution in [-0.4, -0.2) is 183 Å². The third-order valence-electron chi connectivity index (χ3n) is 25.9. The number of hydrogen-bond acceptors (Lipinski definition) is 20. The zero-order valence-corrected chi connectivity index (χ0v) is 75.7. The van der Waals surface area contributed by atoms with Crippen LogP contribution in [-0.2, 0) is 71.3 Å². The van der Waals surface area contributed by atoms with Crippen LogP contribution in [0.5, 0.6) is 0 Å². The van der Waals surface area contributed by atoms with Crippen molar-refractivity contribution in [1.29, 1.82) is 0 Å². The monoisotopic (exact) mass is 1610 g/mol. The second-order valence-electron chi connectivity index (χ2n) is 37.9. The number of rotatable bonds is 26. The molecular weight excluding hydrogens is 1440 g/mol. The molecule has 2 unspecified atom stereocenters. The van der Waals surface area contributed by atoms with Crippen molar-refractivity contribution in [3.8, 4) is 0 Å². The van der Waals surface area contributed by atoms with Crippen molar-refractivity contribution in [2.45, 2.75) is 408 Å². The van der Waals surface area contributed by atoms with E-state index in [1.165, 1.54) is 135 Å². The van der Waals surface area contributed by atoms with E-state index in [1.54, 1.807) is 42.1 Å². The predicted octanol–water partition coefficient (Wildman–Crippen LogP) is 19.3. The Bertz CT molecular complexity index is 2320. The van der Waals surface area contributed by atoms with Crippen LogP contribution in [0.2, 0.25) is 0 Å². The van der Waals surface area contributed by atoms with Gasteiger partial charge in [0.05, 0.1) is 72.5 Å². The molecule has 20 nitrogen and oxygen atoms in total. The van der Waals surface area contributed by atoms with Crippen LogP contribution >= 0.6 is 0 Å². The third-order valence-corrected chi connectivity index (χ3v) is 25.9. The van der Waals surface area contributed by atoms with Gasteiger partial charge in [-0.05, 0) is 271 Å². The Kier molecular flexibility index (Phi) is 51.6. The summed E-state index contributed by atoms with van der Waals surface area (Å²) >= 11 is 0. The van der Waals surface area contributed by atoms with Gasteiger partial charge in [0.15, 0.2) is 6.61 Å². The molecule has 666 valence electrons. The summed E-state index contributed by atoms with van der Waals surface area (Å²) in [6, 6.07) is 0. The average molecular weight is 1610 g/mol. The van der Waals surface area contributed by atoms with Crippen molar-refractivity contribution in [2.24, 2.45) is 63.1 Å². The molecule has 15 aliphatic carbocycles. The number of aliphatic hydroxyl groups is 5. The highest BCUT2D eigenvalue weighted by Crippen LogP contribution is 2.64. The first kappa shape index (κ1) is 106. The summed E-state index contributed by atoms with van der Waals surface area (Å²) in [6.07, 6.45) is 48.6. The summed E-state index contributed by atoms with van der Waals surface area (Å²) in [5, 5.41) is 41.9. The maximum Gasteiger partial charge on any atom is 0.344 e. The number of esters is 5. The molecule has 0 amide bonds. The standard InChI is InChI=1S/C22H36O8.2C16H26O2.C12H22O2.2C6H12.C4H10O.C3H8O2.2C3H8O.C2H6O/c1-4-19(2,3)18(26)27-12-17(25)30-22-11-16-9-20(14-22,28-7-5-23)13-21(10-16,15-22)29-8-6-24;2*1-4-15(2,3)14(17)18-16-8-11-5-12(9-16)7-13(6-11)10-16;1-4-12(2,3)11(13)14-10-8-6-5-7-9-10;2*1-2-4-6-5-3-1;1-3-4-5-2;1-5-3-2-4;1-3-4-2;1-2-3-4;1-2-3/h16,23-24H,4-15H2,1-3H3;2*11-13H,4-10H2,1-3H3;10H,4-9H2,1-3H3;2*1-6H2;3-4H2,1-2H3;4H,2-3H2,1H3;3H2,1-2H3;4H,2-3H2,1H3;3H,2H2,1H3. The van der Waals surface area contributed by atoms with Crippen molar-refractivity contribution >= 4 is 29.8 Å². The van der Waals surface area contributed by atoms with Crippen LogP contribution < -0.4 is 0 Å². The van der Waals surface area contributed by atoms with E-state index in [-0.39, 0.29) is 97.0 Å². The zero-order valence-electron chi connectivity index (χ0n) is 75.7. The van der Waals surface area contributed by atoms with Gasteiger partial charge < -0.3 is 72.9 Å². The van der Waals surface area contributed by atoms with Crippen molar-refractivity contribution in [1.82, 2.24) is 0 Å². The van der Waals surface area contributed by atoms with E-state index in [9.17, 15) is 34.2 Å². The van der Waals surface area contributed by atoms with Crippen LogP contribution in [0.25, 0.3) is 0 Å². The molecule has 0 aromatic carbocycles. The molecule has 0 aliphatic heterocycles. The van der Waals surface area contributed by atoms with Crippen LogP contribution in [0.3, 0.4) is 0 Å². The van der Waals surface area contributed by atoms with E-state index in [4.69, 9.17) is 53.2 Å². The van der Waals surface area contributed by atoms with E-state index in [1.807, 2.05) is 69.2 Å². The Hall–Kier alpha value is -3.05. The highest BCUT2D eigenvalue weighted by Gasteiger charge is 2.67. The largest absolute Gasteiger partial charge is 0.462 e. The Morgan fingerprint density at radius 3 is 0.885 bits per heavy atom. The Labute approximate surface area is 688 Å². The maximum atomic E-state index is 12.6. The molecule has 0 spiro atoms. The lowest BCUT2D eigenvalue weighted by atomic mass is 9.50. The minimum absolute atomic E-state index is 0.0214. The minimum atomic E-state index is -0.742. The number of aliphatic hydroxyl groups excluding tert-OH is 5. The second-order valence-corrected chi connectivity index (χ2v) is 37.9. The fourth-order valence-electron chi connectivity index (χ4n) is 19.2. The van der Waals surface area contributed by atoms with Gasteiger partial charge in [-0.2, -0.15) is 0 Å². The van der Waals surface area contributed by atoms with Crippen molar-refractivity contribution < 1.29 is 96.9 Å². The van der Waals surface area contributed by atoms with Gasteiger partial charge in [-0.1, -0.05) is 125 Å². The number of carbonyl (C=O) groups is 5. The van der Waals surface area contributed by atoms with Gasteiger partial charge in [0.1, 0.15) is 22.9 Å². The van der Waals surface area contributed by atoms with E-state index >= 15 is 0 Å². The first-order valence-electron chi connectivity index (χ1n) is 45.5. The normalized spacial score (nSPS) is 29.0. The Balaban J connectivity index is 0.000000459. The van der Waals surface area contributed by atoms with Crippen LogP contribution in [0.1, 0.15) is 374 Å². The fraction of sp³-hybridized carbons (Fsp3) is 0.946. The highest BCUT2D eigenvalue weighted by atomic mass is 16.6. The lowest BCUT2D eigenvalue weighted by Gasteiger charge is -2.64. The molecular formula is C93H174O20. The van der Waals surface area contributed by atoms with Crippen molar-refractivity contribution in [3.05, 3.63) is 0 Å². The minimum Gasteiger partial charge on any atom is -0.462 e. The first-order chi connectivity index (χ1) is 53.6. The van der Waals surface area contributed by atoms with E-state index in [2.05, 4.69) is 30.2 Å². The topological polar surface area (TPSA) is 279 Å². The summed E-state index contributed by atoms with van der Waals surface area (Å²) < 4.78 is 54.7. The van der Waals surface area contributed by atoms with Gasteiger partial charge in [0, 0.05) is 67.0 Å². The molecule has 15 aliphatic rings. The lowest BCUT2D eigenvalue weighted by Crippen LogP contribution is -2.68. The molecule has 113 heavy (non-hydrogen) atoms. The van der Waals surface area contributed by atoms with Crippen LogP contribution in [0, 0.1) is 63.1 Å². The molecule has 5 N–H and O–H groups in total. The van der Waals surface area contributed by atoms with Gasteiger partial charge in [-0.25, -0.2) is 4.79 Å². The molecule has 0 heterocycles. The highest BCUT2D eigenvalue weighted by molar-refractivity contribution is 5.80. The fourth-order valence-corrected chi connectivity index (χ4v) is 19.2.